The normalized spacial score (nSPS) is 15.4. The number of aromatic amines is 1. The van der Waals surface area contributed by atoms with Crippen LogP contribution >= 0.6 is 0 Å². The van der Waals surface area contributed by atoms with Crippen LogP contribution in [0.5, 0.6) is 5.75 Å². The summed E-state index contributed by atoms with van der Waals surface area (Å²) in [6.07, 6.45) is 1.79. The molecule has 2 aromatic rings. The highest BCUT2D eigenvalue weighted by Crippen LogP contribution is 2.30. The van der Waals surface area contributed by atoms with Crippen molar-refractivity contribution in [3.8, 4) is 5.75 Å². The zero-order chi connectivity index (χ0) is 19.4. The van der Waals surface area contributed by atoms with Gasteiger partial charge in [0.2, 0.25) is 0 Å². The zero-order valence-corrected chi connectivity index (χ0v) is 15.9. The predicted molar refractivity (Wildman–Crippen MR) is 104 cm³/mol. The first-order valence-corrected chi connectivity index (χ1v) is 8.95. The van der Waals surface area contributed by atoms with Gasteiger partial charge in [0.25, 0.3) is 11.9 Å². The van der Waals surface area contributed by atoms with Crippen LogP contribution in [0.2, 0.25) is 0 Å². The topological polar surface area (TPSA) is 99.6 Å². The molecule has 0 aliphatic carbocycles. The van der Waals surface area contributed by atoms with E-state index in [1.807, 2.05) is 25.1 Å². The van der Waals surface area contributed by atoms with Gasteiger partial charge in [-0.2, -0.15) is 15.3 Å². The monoisotopic (exact) mass is 369 g/mol. The molecule has 27 heavy (non-hydrogen) atoms. The van der Waals surface area contributed by atoms with Crippen molar-refractivity contribution < 1.29 is 9.53 Å². The minimum Gasteiger partial charge on any atom is -0.493 e. The molecule has 9 heteroatoms. The van der Waals surface area contributed by atoms with Crippen LogP contribution in [0.3, 0.4) is 0 Å². The first kappa shape index (κ1) is 18.6. The second-order valence-corrected chi connectivity index (χ2v) is 5.90. The number of ether oxygens (including phenoxy) is 1. The molecular formula is C18H23N7O2. The van der Waals surface area contributed by atoms with Crippen LogP contribution in [0.1, 0.15) is 33.3 Å². The van der Waals surface area contributed by atoms with E-state index in [4.69, 9.17) is 4.74 Å². The van der Waals surface area contributed by atoms with Gasteiger partial charge < -0.3 is 9.64 Å². The van der Waals surface area contributed by atoms with E-state index in [-0.39, 0.29) is 11.9 Å². The Morgan fingerprint density at radius 1 is 1.26 bits per heavy atom. The smallest absolute Gasteiger partial charge is 0.293 e. The molecule has 1 aromatic carbocycles. The number of carbonyl (C=O) groups excluding carboxylic acids is 1. The SMILES string of the molecule is CCOc1cc(N(CC)CC)ccc1/C=C1\C(=O)N(c2nn[nH]n2)N=C1C. The van der Waals surface area contributed by atoms with E-state index < -0.39 is 0 Å². The average Bonchev–Trinajstić information content (AvgIpc) is 3.28. The molecule has 0 saturated carbocycles. The molecule has 3 rings (SSSR count). The Bertz CT molecular complexity index is 870. The number of nitrogens with one attached hydrogen (secondary N) is 1. The van der Waals surface area contributed by atoms with E-state index in [0.717, 1.165) is 35.1 Å². The lowest BCUT2D eigenvalue weighted by atomic mass is 10.1. The van der Waals surface area contributed by atoms with Gasteiger partial charge in [0.15, 0.2) is 0 Å². The van der Waals surface area contributed by atoms with Crippen molar-refractivity contribution in [3.63, 3.8) is 0 Å². The van der Waals surface area contributed by atoms with Crippen molar-refractivity contribution >= 4 is 29.3 Å². The Labute approximate surface area is 157 Å². The summed E-state index contributed by atoms with van der Waals surface area (Å²) in [5.41, 5.74) is 2.96. The van der Waals surface area contributed by atoms with Gasteiger partial charge in [-0.05, 0) is 51.1 Å². The maximum absolute atomic E-state index is 12.7. The standard InChI is InChI=1S/C18H23N7O2/c1-5-24(6-2)14-9-8-13(16(11-14)27-7-3)10-15-12(4)21-25(17(15)26)18-19-22-23-20-18/h8-11H,5-7H2,1-4H3,(H,19,20,22,23)/b15-10-. The molecule has 2 heterocycles. The largest absolute Gasteiger partial charge is 0.493 e. The number of nitrogens with zero attached hydrogens (tertiary/aromatic N) is 6. The van der Waals surface area contributed by atoms with Crippen LogP contribution in [0.25, 0.3) is 6.08 Å². The Morgan fingerprint density at radius 3 is 2.67 bits per heavy atom. The second kappa shape index (κ2) is 7.98. The molecule has 1 aliphatic rings. The number of hydrogen-bond acceptors (Lipinski definition) is 7. The molecule has 1 aromatic heterocycles. The van der Waals surface area contributed by atoms with E-state index >= 15 is 0 Å². The van der Waals surface area contributed by atoms with Crippen LogP contribution < -0.4 is 14.6 Å². The molecule has 0 fully saturated rings. The first-order chi connectivity index (χ1) is 13.1. The lowest BCUT2D eigenvalue weighted by Gasteiger charge is -2.22. The third kappa shape index (κ3) is 3.67. The number of anilines is 2. The van der Waals surface area contributed by atoms with Gasteiger partial charge in [-0.3, -0.25) is 4.79 Å². The summed E-state index contributed by atoms with van der Waals surface area (Å²) in [6.45, 7) is 10.3. The number of hydrazone groups is 1. The van der Waals surface area contributed by atoms with Crippen molar-refractivity contribution in [2.75, 3.05) is 29.6 Å². The Kier molecular flexibility index (Phi) is 5.49. The van der Waals surface area contributed by atoms with Crippen LogP contribution in [-0.2, 0) is 4.79 Å². The number of hydrogen-bond donors (Lipinski definition) is 1. The molecule has 1 N–H and O–H groups in total. The highest BCUT2D eigenvalue weighted by atomic mass is 16.5. The fourth-order valence-corrected chi connectivity index (χ4v) is 2.93. The number of tetrazole rings is 1. The molecule has 0 atom stereocenters. The van der Waals surface area contributed by atoms with Gasteiger partial charge in [-0.15, -0.1) is 5.10 Å². The van der Waals surface area contributed by atoms with Crippen molar-refractivity contribution in [2.45, 2.75) is 27.7 Å². The Morgan fingerprint density at radius 2 is 2.04 bits per heavy atom. The number of carbonyl (C=O) groups is 1. The number of rotatable bonds is 7. The number of H-pyrrole nitrogens is 1. The lowest BCUT2D eigenvalue weighted by Crippen LogP contribution is -2.22. The summed E-state index contributed by atoms with van der Waals surface area (Å²) in [4.78, 5) is 15.0. The van der Waals surface area contributed by atoms with Crippen molar-refractivity contribution in [1.29, 1.82) is 0 Å². The number of amides is 1. The maximum Gasteiger partial charge on any atom is 0.293 e. The minimum absolute atomic E-state index is 0.115. The van der Waals surface area contributed by atoms with Crippen LogP contribution in [0.15, 0.2) is 28.9 Å². The van der Waals surface area contributed by atoms with Gasteiger partial charge in [0.05, 0.1) is 17.9 Å². The van der Waals surface area contributed by atoms with Gasteiger partial charge in [-0.1, -0.05) is 5.10 Å². The Hall–Kier alpha value is -3.23. The van der Waals surface area contributed by atoms with Crippen LogP contribution in [0, 0.1) is 0 Å². The van der Waals surface area contributed by atoms with Gasteiger partial charge in [-0.25, -0.2) is 0 Å². The second-order valence-electron chi connectivity index (χ2n) is 5.90. The fourth-order valence-electron chi connectivity index (χ4n) is 2.93. The quantitative estimate of drug-likeness (QED) is 0.752. The molecule has 1 amide bonds. The van der Waals surface area contributed by atoms with Gasteiger partial charge in [0.1, 0.15) is 5.75 Å². The number of aromatic nitrogens is 4. The van der Waals surface area contributed by atoms with Crippen LogP contribution in [0.4, 0.5) is 11.6 Å². The molecule has 0 bridgehead atoms. The summed E-state index contributed by atoms with van der Waals surface area (Å²) in [5, 5.41) is 18.8. The molecule has 1 aliphatic heterocycles. The van der Waals surface area contributed by atoms with E-state index in [1.54, 1.807) is 13.0 Å². The highest BCUT2D eigenvalue weighted by Gasteiger charge is 2.31. The zero-order valence-electron chi connectivity index (χ0n) is 15.9. The van der Waals surface area contributed by atoms with Gasteiger partial charge >= 0.3 is 0 Å². The minimum atomic E-state index is -0.302. The summed E-state index contributed by atoms with van der Waals surface area (Å²) in [7, 11) is 0. The molecular weight excluding hydrogens is 346 g/mol. The van der Waals surface area contributed by atoms with E-state index in [9.17, 15) is 4.79 Å². The van der Waals surface area contributed by atoms with Crippen molar-refractivity contribution in [1.82, 2.24) is 20.6 Å². The first-order valence-electron chi connectivity index (χ1n) is 8.95. The van der Waals surface area contributed by atoms with Crippen LogP contribution in [-0.4, -0.2) is 51.9 Å². The molecule has 9 nitrogen and oxygen atoms in total. The summed E-state index contributed by atoms with van der Waals surface area (Å²) >= 11 is 0. The molecule has 142 valence electrons. The van der Waals surface area contributed by atoms with Crippen molar-refractivity contribution in [2.24, 2.45) is 5.10 Å². The number of benzene rings is 1. The van der Waals surface area contributed by atoms with Gasteiger partial charge in [0, 0.05) is 30.4 Å². The van der Waals surface area contributed by atoms with E-state index in [0.29, 0.717) is 17.9 Å². The molecule has 0 saturated heterocycles. The molecule has 0 radical (unpaired) electrons. The fraction of sp³-hybridized carbons (Fsp3) is 0.389. The maximum atomic E-state index is 12.7. The predicted octanol–water partition coefficient (Wildman–Crippen LogP) is 2.25. The third-order valence-electron chi connectivity index (χ3n) is 4.31. The average molecular weight is 369 g/mol. The van der Waals surface area contributed by atoms with E-state index in [2.05, 4.69) is 44.5 Å². The lowest BCUT2D eigenvalue weighted by molar-refractivity contribution is -0.114. The summed E-state index contributed by atoms with van der Waals surface area (Å²) < 4.78 is 5.82. The third-order valence-corrected chi connectivity index (χ3v) is 4.31. The highest BCUT2D eigenvalue weighted by molar-refractivity contribution is 6.31. The molecule has 0 spiro atoms. The van der Waals surface area contributed by atoms with E-state index in [1.165, 1.54) is 0 Å². The van der Waals surface area contributed by atoms with Crippen molar-refractivity contribution in [3.05, 3.63) is 29.3 Å². The summed E-state index contributed by atoms with van der Waals surface area (Å²) in [6, 6.07) is 6.00. The molecule has 0 unspecified atom stereocenters. The Balaban J connectivity index is 1.96. The summed E-state index contributed by atoms with van der Waals surface area (Å²) in [5.74, 6) is 0.543.